The monoisotopic (exact) mass is 216 g/mol. The molecule has 0 aromatic heterocycles. The molecule has 0 amide bonds. The van der Waals surface area contributed by atoms with Crippen LogP contribution in [-0.2, 0) is 12.8 Å². The first-order valence-electron chi connectivity index (χ1n) is 6.41. The number of rotatable bonds is 0. The summed E-state index contributed by atoms with van der Waals surface area (Å²) in [6, 6.07) is 5.97. The van der Waals surface area contributed by atoms with Crippen molar-refractivity contribution < 1.29 is 0 Å². The van der Waals surface area contributed by atoms with Gasteiger partial charge < -0.3 is 10.6 Å². The Balaban J connectivity index is 1.99. The van der Waals surface area contributed by atoms with Gasteiger partial charge in [0.1, 0.15) is 0 Å². The molecule has 2 heteroatoms. The largest absolute Gasteiger partial charge is 0.382 e. The molecule has 2 heterocycles. The average Bonchev–Trinajstić information content (AvgIpc) is 2.26. The predicted octanol–water partition coefficient (Wildman–Crippen LogP) is 3.18. The summed E-state index contributed by atoms with van der Waals surface area (Å²) in [6.07, 6.45) is 4.93. The fraction of sp³-hybridized carbons (Fsp3) is 0.571. The molecule has 0 bridgehead atoms. The van der Waals surface area contributed by atoms with Gasteiger partial charge in [-0.3, -0.25) is 0 Å². The quantitative estimate of drug-likeness (QED) is 0.696. The van der Waals surface area contributed by atoms with Crippen LogP contribution in [0.25, 0.3) is 0 Å². The van der Waals surface area contributed by atoms with E-state index in [1.807, 2.05) is 0 Å². The maximum Gasteiger partial charge on any atom is 0.0379 e. The molecular formula is C14H20N2. The van der Waals surface area contributed by atoms with Gasteiger partial charge in [-0.25, -0.2) is 0 Å². The summed E-state index contributed by atoms with van der Waals surface area (Å²) in [5.41, 5.74) is 5.71. The van der Waals surface area contributed by atoms with E-state index in [2.05, 4.69) is 36.6 Å². The molecule has 2 nitrogen and oxygen atoms in total. The molecule has 86 valence electrons. The predicted molar refractivity (Wildman–Crippen MR) is 69.3 cm³/mol. The van der Waals surface area contributed by atoms with Gasteiger partial charge in [0.15, 0.2) is 0 Å². The highest BCUT2D eigenvalue weighted by atomic mass is 14.9. The molecule has 2 aliphatic heterocycles. The Morgan fingerprint density at radius 2 is 1.31 bits per heavy atom. The Morgan fingerprint density at radius 3 is 1.75 bits per heavy atom. The molecule has 1 aromatic rings. The topological polar surface area (TPSA) is 24.1 Å². The molecular weight excluding hydrogens is 196 g/mol. The zero-order valence-corrected chi connectivity index (χ0v) is 10.1. The van der Waals surface area contributed by atoms with Crippen molar-refractivity contribution in [3.8, 4) is 0 Å². The molecule has 3 rings (SSSR count). The van der Waals surface area contributed by atoms with E-state index in [9.17, 15) is 0 Å². The van der Waals surface area contributed by atoms with Crippen molar-refractivity contribution in [2.75, 3.05) is 10.6 Å². The second-order valence-corrected chi connectivity index (χ2v) is 5.33. The number of anilines is 2. The molecule has 2 atom stereocenters. The number of fused-ring (bicyclic) bond motifs is 2. The van der Waals surface area contributed by atoms with Crippen molar-refractivity contribution in [1.82, 2.24) is 0 Å². The lowest BCUT2D eigenvalue weighted by Crippen LogP contribution is -2.25. The van der Waals surface area contributed by atoms with Crippen LogP contribution < -0.4 is 10.6 Å². The summed E-state index contributed by atoms with van der Waals surface area (Å²) in [7, 11) is 0. The van der Waals surface area contributed by atoms with Crippen LogP contribution in [0.5, 0.6) is 0 Å². The first-order chi connectivity index (χ1) is 7.72. The Hall–Kier alpha value is -1.18. The van der Waals surface area contributed by atoms with Crippen LogP contribution in [0.1, 0.15) is 37.8 Å². The fourth-order valence-electron chi connectivity index (χ4n) is 2.79. The fourth-order valence-corrected chi connectivity index (χ4v) is 2.79. The third-order valence-corrected chi connectivity index (χ3v) is 3.83. The van der Waals surface area contributed by atoms with Crippen LogP contribution in [0.3, 0.4) is 0 Å². The molecule has 0 saturated heterocycles. The minimum atomic E-state index is 0.626. The lowest BCUT2D eigenvalue weighted by Gasteiger charge is -2.30. The van der Waals surface area contributed by atoms with Crippen molar-refractivity contribution in [2.24, 2.45) is 0 Å². The summed E-state index contributed by atoms with van der Waals surface area (Å²) in [5.74, 6) is 0. The van der Waals surface area contributed by atoms with E-state index in [1.165, 1.54) is 48.2 Å². The van der Waals surface area contributed by atoms with E-state index >= 15 is 0 Å². The van der Waals surface area contributed by atoms with E-state index in [0.29, 0.717) is 12.1 Å². The Kier molecular flexibility index (Phi) is 2.31. The molecule has 0 unspecified atom stereocenters. The average molecular weight is 216 g/mol. The number of aryl methyl sites for hydroxylation is 2. The number of hydrogen-bond donors (Lipinski definition) is 2. The van der Waals surface area contributed by atoms with Gasteiger partial charge in [0, 0.05) is 23.5 Å². The third kappa shape index (κ3) is 1.66. The van der Waals surface area contributed by atoms with Crippen LogP contribution in [-0.4, -0.2) is 12.1 Å². The van der Waals surface area contributed by atoms with Crippen LogP contribution >= 0.6 is 0 Å². The first-order valence-corrected chi connectivity index (χ1v) is 6.41. The van der Waals surface area contributed by atoms with Gasteiger partial charge in [-0.2, -0.15) is 0 Å². The van der Waals surface area contributed by atoms with Gasteiger partial charge in [-0.05, 0) is 62.8 Å². The molecule has 1 aromatic carbocycles. The van der Waals surface area contributed by atoms with Gasteiger partial charge in [0.05, 0.1) is 0 Å². The van der Waals surface area contributed by atoms with Crippen LogP contribution in [0.2, 0.25) is 0 Å². The molecule has 0 saturated carbocycles. The Bertz CT molecular complexity index is 372. The maximum atomic E-state index is 3.59. The summed E-state index contributed by atoms with van der Waals surface area (Å²) in [5, 5.41) is 7.19. The minimum Gasteiger partial charge on any atom is -0.382 e. The smallest absolute Gasteiger partial charge is 0.0379 e. The number of benzene rings is 1. The highest BCUT2D eigenvalue weighted by Gasteiger charge is 2.20. The van der Waals surface area contributed by atoms with E-state index in [-0.39, 0.29) is 0 Å². The van der Waals surface area contributed by atoms with E-state index < -0.39 is 0 Å². The highest BCUT2D eigenvalue weighted by Crippen LogP contribution is 2.33. The van der Waals surface area contributed by atoms with Crippen molar-refractivity contribution in [2.45, 2.75) is 51.6 Å². The van der Waals surface area contributed by atoms with Crippen molar-refractivity contribution in [1.29, 1.82) is 0 Å². The molecule has 0 spiro atoms. The van der Waals surface area contributed by atoms with Crippen molar-refractivity contribution in [3.05, 3.63) is 23.3 Å². The molecule has 16 heavy (non-hydrogen) atoms. The first kappa shape index (κ1) is 10.0. The lowest BCUT2D eigenvalue weighted by molar-refractivity contribution is 0.666. The van der Waals surface area contributed by atoms with Gasteiger partial charge in [0.25, 0.3) is 0 Å². The number of hydrogen-bond acceptors (Lipinski definition) is 2. The minimum absolute atomic E-state index is 0.626. The van der Waals surface area contributed by atoms with Gasteiger partial charge in [-0.1, -0.05) is 0 Å². The van der Waals surface area contributed by atoms with E-state index in [4.69, 9.17) is 0 Å². The normalized spacial score (nSPS) is 27.4. The summed E-state index contributed by atoms with van der Waals surface area (Å²) < 4.78 is 0. The molecule has 0 aliphatic carbocycles. The second kappa shape index (κ2) is 3.69. The Morgan fingerprint density at radius 1 is 0.875 bits per heavy atom. The zero-order valence-electron chi connectivity index (χ0n) is 10.1. The summed E-state index contributed by atoms with van der Waals surface area (Å²) in [4.78, 5) is 0. The molecule has 0 radical (unpaired) electrons. The molecule has 2 aliphatic rings. The van der Waals surface area contributed by atoms with Crippen LogP contribution in [0.4, 0.5) is 11.4 Å². The summed E-state index contributed by atoms with van der Waals surface area (Å²) >= 11 is 0. The third-order valence-electron chi connectivity index (χ3n) is 3.83. The van der Waals surface area contributed by atoms with Gasteiger partial charge in [-0.15, -0.1) is 0 Å². The molecule has 2 N–H and O–H groups in total. The van der Waals surface area contributed by atoms with Gasteiger partial charge in [0.2, 0.25) is 0 Å². The summed E-state index contributed by atoms with van der Waals surface area (Å²) in [6.45, 7) is 4.53. The van der Waals surface area contributed by atoms with Crippen molar-refractivity contribution in [3.63, 3.8) is 0 Å². The molecule has 0 fully saturated rings. The zero-order chi connectivity index (χ0) is 11.1. The lowest BCUT2D eigenvalue weighted by atomic mass is 9.92. The van der Waals surface area contributed by atoms with Crippen LogP contribution in [0.15, 0.2) is 12.1 Å². The van der Waals surface area contributed by atoms with Crippen LogP contribution in [0, 0.1) is 0 Å². The standard InChI is InChI=1S/C14H20N2/c1-9-3-5-11-8-14-12(7-13(11)15-9)6-4-10(2)16-14/h7-10,15-16H,3-6H2,1-2H3/t9-,10-/m0/s1. The van der Waals surface area contributed by atoms with Gasteiger partial charge >= 0.3 is 0 Å². The SMILES string of the molecule is C[C@H]1CCc2cc3c(cc2N1)CC[C@H](C)N3. The number of nitrogens with one attached hydrogen (secondary N) is 2. The van der Waals surface area contributed by atoms with E-state index in [1.54, 1.807) is 0 Å². The van der Waals surface area contributed by atoms with Crippen molar-refractivity contribution >= 4 is 11.4 Å². The maximum absolute atomic E-state index is 3.59. The highest BCUT2D eigenvalue weighted by molar-refractivity contribution is 5.66. The second-order valence-electron chi connectivity index (χ2n) is 5.33. The Labute approximate surface area is 97.4 Å². The van der Waals surface area contributed by atoms with E-state index in [0.717, 1.165) is 0 Å².